The minimum atomic E-state index is -0.213. The van der Waals surface area contributed by atoms with Crippen LogP contribution in [0.2, 0.25) is 0 Å². The second kappa shape index (κ2) is 5.65. The second-order valence-electron chi connectivity index (χ2n) is 4.52. The Morgan fingerprint density at radius 1 is 1.35 bits per heavy atom. The number of benzene rings is 1. The van der Waals surface area contributed by atoms with Gasteiger partial charge in [0.2, 0.25) is 0 Å². The normalized spacial score (nSPS) is 11.3. The van der Waals surface area contributed by atoms with E-state index >= 15 is 0 Å². The lowest BCUT2D eigenvalue weighted by molar-refractivity contribution is 0.566. The summed E-state index contributed by atoms with van der Waals surface area (Å²) in [6, 6.07) is 3.33. The van der Waals surface area contributed by atoms with Gasteiger partial charge in [0.15, 0.2) is 4.77 Å². The van der Waals surface area contributed by atoms with Crippen molar-refractivity contribution in [2.24, 2.45) is 0 Å². The van der Waals surface area contributed by atoms with Gasteiger partial charge in [-0.05, 0) is 47.3 Å². The molecule has 1 N–H and O–H groups in total. The summed E-state index contributed by atoms with van der Waals surface area (Å²) in [5.74, 6) is -0.213. The van der Waals surface area contributed by atoms with Crippen molar-refractivity contribution in [2.45, 2.75) is 19.5 Å². The number of fused-ring (bicyclic) bond motifs is 1. The highest BCUT2D eigenvalue weighted by Crippen LogP contribution is 2.21. The van der Waals surface area contributed by atoms with Crippen molar-refractivity contribution in [3.8, 4) is 0 Å². The smallest absolute Gasteiger partial charge is 0.178 e. The van der Waals surface area contributed by atoms with Gasteiger partial charge in [0.05, 0.1) is 20.9 Å². The summed E-state index contributed by atoms with van der Waals surface area (Å²) >= 11 is 7.30. The van der Waals surface area contributed by atoms with Crippen LogP contribution < -0.4 is 0 Å². The van der Waals surface area contributed by atoms with Crippen LogP contribution in [-0.4, -0.2) is 19.1 Å². The van der Waals surface area contributed by atoms with Crippen molar-refractivity contribution < 1.29 is 4.39 Å². The van der Waals surface area contributed by atoms with Gasteiger partial charge in [-0.1, -0.05) is 0 Å². The maximum atomic E-state index is 13.7. The van der Waals surface area contributed by atoms with E-state index in [2.05, 4.69) is 9.97 Å². The van der Waals surface area contributed by atoms with Gasteiger partial charge < -0.3 is 14.1 Å². The second-order valence-corrected chi connectivity index (χ2v) is 6.07. The number of imidazole rings is 2. The van der Waals surface area contributed by atoms with Crippen LogP contribution in [0, 0.1) is 14.2 Å². The molecule has 0 aliphatic heterocycles. The summed E-state index contributed by atoms with van der Waals surface area (Å²) in [6.07, 6.45) is 6.38. The van der Waals surface area contributed by atoms with E-state index in [0.717, 1.165) is 30.5 Å². The van der Waals surface area contributed by atoms with Gasteiger partial charge in [-0.15, -0.1) is 0 Å². The zero-order chi connectivity index (χ0) is 14.1. The Bertz CT molecular complexity index is 791. The summed E-state index contributed by atoms with van der Waals surface area (Å²) < 4.78 is 18.9. The van der Waals surface area contributed by atoms with Crippen LogP contribution in [0.15, 0.2) is 30.9 Å². The van der Waals surface area contributed by atoms with Crippen molar-refractivity contribution in [1.82, 2.24) is 19.1 Å². The molecule has 0 radical (unpaired) electrons. The Kier molecular flexibility index (Phi) is 3.88. The molecule has 2 aromatic heterocycles. The van der Waals surface area contributed by atoms with Crippen molar-refractivity contribution in [3.05, 3.63) is 45.0 Å². The predicted octanol–water partition coefficient (Wildman–Crippen LogP) is 3.73. The fourth-order valence-electron chi connectivity index (χ4n) is 2.20. The molecular formula is C13H12FIN4S. The molecule has 4 nitrogen and oxygen atoms in total. The van der Waals surface area contributed by atoms with E-state index in [9.17, 15) is 4.39 Å². The van der Waals surface area contributed by atoms with Crippen LogP contribution in [0.5, 0.6) is 0 Å². The third-order valence-corrected chi connectivity index (χ3v) is 4.32. The van der Waals surface area contributed by atoms with E-state index in [1.54, 1.807) is 24.7 Å². The topological polar surface area (TPSA) is 38.5 Å². The minimum absolute atomic E-state index is 0.213. The van der Waals surface area contributed by atoms with Crippen LogP contribution >= 0.6 is 34.8 Å². The summed E-state index contributed by atoms with van der Waals surface area (Å²) in [5, 5.41) is 0. The van der Waals surface area contributed by atoms with Crippen LogP contribution in [0.1, 0.15) is 6.42 Å². The van der Waals surface area contributed by atoms with E-state index in [-0.39, 0.29) is 5.82 Å². The number of aromatic nitrogens is 4. The van der Waals surface area contributed by atoms with Gasteiger partial charge in [0.25, 0.3) is 0 Å². The van der Waals surface area contributed by atoms with Gasteiger partial charge >= 0.3 is 0 Å². The molecule has 0 amide bonds. The Labute approximate surface area is 133 Å². The van der Waals surface area contributed by atoms with Crippen molar-refractivity contribution >= 4 is 45.8 Å². The molecular weight excluding hydrogens is 390 g/mol. The highest BCUT2D eigenvalue weighted by atomic mass is 127. The fraction of sp³-hybridized carbons (Fsp3) is 0.231. The average Bonchev–Trinajstić information content (AvgIpc) is 3.01. The molecule has 3 aromatic rings. The molecule has 1 aromatic carbocycles. The molecule has 0 bridgehead atoms. The van der Waals surface area contributed by atoms with E-state index < -0.39 is 0 Å². The third kappa shape index (κ3) is 2.64. The molecule has 7 heteroatoms. The molecule has 0 spiro atoms. The quantitative estimate of drug-likeness (QED) is 0.534. The Hall–Kier alpha value is -1.22. The average molecular weight is 402 g/mol. The van der Waals surface area contributed by atoms with Crippen LogP contribution in [0.3, 0.4) is 0 Å². The first-order chi connectivity index (χ1) is 9.65. The lowest BCUT2D eigenvalue weighted by Gasteiger charge is -2.06. The molecule has 0 unspecified atom stereocenters. The van der Waals surface area contributed by atoms with Crippen LogP contribution in [0.25, 0.3) is 11.0 Å². The number of nitrogens with zero attached hydrogens (tertiary/aromatic N) is 3. The number of aryl methyl sites for hydroxylation is 2. The van der Waals surface area contributed by atoms with Gasteiger partial charge in [-0.2, -0.15) is 0 Å². The lowest BCUT2D eigenvalue weighted by Crippen LogP contribution is -2.03. The van der Waals surface area contributed by atoms with E-state index in [1.807, 2.05) is 37.9 Å². The maximum absolute atomic E-state index is 13.7. The summed E-state index contributed by atoms with van der Waals surface area (Å²) in [6.45, 7) is 1.61. The zero-order valence-corrected chi connectivity index (χ0v) is 13.5. The highest BCUT2D eigenvalue weighted by Gasteiger charge is 2.08. The number of halogens is 2. The Morgan fingerprint density at radius 2 is 2.20 bits per heavy atom. The monoisotopic (exact) mass is 402 g/mol. The largest absolute Gasteiger partial charge is 0.337 e. The summed E-state index contributed by atoms with van der Waals surface area (Å²) in [4.78, 5) is 7.13. The number of hydrogen-bond acceptors (Lipinski definition) is 2. The molecule has 0 saturated carbocycles. The van der Waals surface area contributed by atoms with Crippen LogP contribution in [-0.2, 0) is 13.1 Å². The number of rotatable bonds is 4. The van der Waals surface area contributed by atoms with Crippen molar-refractivity contribution in [1.29, 1.82) is 0 Å². The number of nitrogens with one attached hydrogen (secondary N) is 1. The predicted molar refractivity (Wildman–Crippen MR) is 86.6 cm³/mol. The van der Waals surface area contributed by atoms with Gasteiger partial charge in [-0.3, -0.25) is 0 Å². The Balaban J connectivity index is 1.85. The molecule has 0 atom stereocenters. The van der Waals surface area contributed by atoms with Gasteiger partial charge in [-0.25, -0.2) is 9.37 Å². The van der Waals surface area contributed by atoms with Crippen molar-refractivity contribution in [3.63, 3.8) is 0 Å². The third-order valence-electron chi connectivity index (χ3n) is 3.17. The minimum Gasteiger partial charge on any atom is -0.337 e. The van der Waals surface area contributed by atoms with Gasteiger partial charge in [0, 0.05) is 31.5 Å². The maximum Gasteiger partial charge on any atom is 0.178 e. The standard InChI is InChI=1S/C13H12FIN4S/c14-9-6-12-11(7-10(9)15)17-13(20)19(12)4-1-3-18-5-2-16-8-18/h2,5-8H,1,3-4H2,(H,17,20). The molecule has 3 rings (SSSR count). The molecule has 0 aliphatic rings. The summed E-state index contributed by atoms with van der Waals surface area (Å²) in [7, 11) is 0. The molecule has 0 fully saturated rings. The van der Waals surface area contributed by atoms with E-state index in [1.165, 1.54) is 0 Å². The molecule has 2 heterocycles. The number of H-pyrrole nitrogens is 1. The first-order valence-electron chi connectivity index (χ1n) is 6.18. The molecule has 104 valence electrons. The lowest BCUT2D eigenvalue weighted by atomic mass is 10.3. The number of hydrogen-bond donors (Lipinski definition) is 1. The first-order valence-corrected chi connectivity index (χ1v) is 7.67. The SMILES string of the molecule is Fc1cc2c(cc1I)[nH]c(=S)n2CCCn1ccnc1. The highest BCUT2D eigenvalue weighted by molar-refractivity contribution is 14.1. The van der Waals surface area contributed by atoms with Crippen molar-refractivity contribution in [2.75, 3.05) is 0 Å². The van der Waals surface area contributed by atoms with Gasteiger partial charge in [0.1, 0.15) is 5.82 Å². The first kappa shape index (κ1) is 13.7. The molecule has 0 aliphatic carbocycles. The fourth-order valence-corrected chi connectivity index (χ4v) is 2.97. The van der Waals surface area contributed by atoms with E-state index in [0.29, 0.717) is 8.34 Å². The van der Waals surface area contributed by atoms with Crippen LogP contribution in [0.4, 0.5) is 4.39 Å². The Morgan fingerprint density at radius 3 is 2.95 bits per heavy atom. The van der Waals surface area contributed by atoms with E-state index in [4.69, 9.17) is 12.2 Å². The summed E-state index contributed by atoms with van der Waals surface area (Å²) in [5.41, 5.74) is 1.70. The molecule has 20 heavy (non-hydrogen) atoms. The molecule has 0 saturated heterocycles. The zero-order valence-electron chi connectivity index (χ0n) is 10.5. The number of aromatic amines is 1.